The molecule has 1 saturated carbocycles. The third kappa shape index (κ3) is 2.90. The molecule has 0 spiro atoms. The van der Waals surface area contributed by atoms with Gasteiger partial charge in [-0.15, -0.1) is 0 Å². The second-order valence-electron chi connectivity index (χ2n) is 5.88. The van der Waals surface area contributed by atoms with Crippen LogP contribution in [0.15, 0.2) is 46.9 Å². The summed E-state index contributed by atoms with van der Waals surface area (Å²) >= 11 is 3.56. The van der Waals surface area contributed by atoms with Crippen LogP contribution in [0.4, 0.5) is 5.69 Å². The van der Waals surface area contributed by atoms with Gasteiger partial charge < -0.3 is 5.32 Å². The minimum absolute atomic E-state index is 0.605. The first-order chi connectivity index (χ1) is 9.61. The molecule has 20 heavy (non-hydrogen) atoms. The van der Waals surface area contributed by atoms with Crippen molar-refractivity contribution in [2.24, 2.45) is 0 Å². The zero-order valence-electron chi connectivity index (χ0n) is 12.0. The second-order valence-corrected chi connectivity index (χ2v) is 6.80. The highest BCUT2D eigenvalue weighted by molar-refractivity contribution is 9.10. The Balaban J connectivity index is 1.62. The fraction of sp³-hybridized carbons (Fsp3) is 0.333. The topological polar surface area (TPSA) is 12.0 Å². The first-order valence-electron chi connectivity index (χ1n) is 7.21. The number of aryl methyl sites for hydroxylation is 2. The second kappa shape index (κ2) is 5.61. The molecule has 0 bridgehead atoms. The van der Waals surface area contributed by atoms with E-state index in [0.717, 1.165) is 10.4 Å². The summed E-state index contributed by atoms with van der Waals surface area (Å²) < 4.78 is 1.15. The molecule has 2 aromatic carbocycles. The predicted octanol–water partition coefficient (Wildman–Crippen LogP) is 5.42. The van der Waals surface area contributed by atoms with Crippen LogP contribution in [0.25, 0.3) is 0 Å². The summed E-state index contributed by atoms with van der Waals surface area (Å²) in [5, 5.41) is 3.65. The number of halogens is 1. The molecular formula is C18H20BrN. The lowest BCUT2D eigenvalue weighted by Crippen LogP contribution is -2.34. The first-order valence-corrected chi connectivity index (χ1v) is 8.00. The van der Waals surface area contributed by atoms with E-state index in [9.17, 15) is 0 Å². The Morgan fingerprint density at radius 2 is 1.80 bits per heavy atom. The molecule has 0 saturated heterocycles. The van der Waals surface area contributed by atoms with Crippen LogP contribution >= 0.6 is 15.9 Å². The SMILES string of the molecule is Cc1cc(Br)cc(NC2CC(c3ccccc3C)C2)c1. The molecule has 1 aliphatic rings. The Kier molecular flexibility index (Phi) is 3.84. The normalized spacial score (nSPS) is 21.4. The van der Waals surface area contributed by atoms with Crippen molar-refractivity contribution in [2.75, 3.05) is 5.32 Å². The Morgan fingerprint density at radius 3 is 2.50 bits per heavy atom. The van der Waals surface area contributed by atoms with Crippen LogP contribution in [0, 0.1) is 13.8 Å². The molecule has 1 fully saturated rings. The van der Waals surface area contributed by atoms with Crippen LogP contribution in [-0.2, 0) is 0 Å². The molecule has 2 heteroatoms. The molecule has 3 rings (SSSR count). The van der Waals surface area contributed by atoms with Gasteiger partial charge in [-0.25, -0.2) is 0 Å². The monoisotopic (exact) mass is 329 g/mol. The Bertz CT molecular complexity index is 594. The average molecular weight is 330 g/mol. The maximum Gasteiger partial charge on any atom is 0.0356 e. The lowest BCUT2D eigenvalue weighted by molar-refractivity contribution is 0.373. The molecule has 1 nitrogen and oxygen atoms in total. The van der Waals surface area contributed by atoms with Crippen LogP contribution in [0.3, 0.4) is 0 Å². The predicted molar refractivity (Wildman–Crippen MR) is 89.4 cm³/mol. The van der Waals surface area contributed by atoms with Crippen molar-refractivity contribution >= 4 is 21.6 Å². The Morgan fingerprint density at radius 1 is 1.05 bits per heavy atom. The van der Waals surface area contributed by atoms with Gasteiger partial charge in [-0.1, -0.05) is 40.2 Å². The summed E-state index contributed by atoms with van der Waals surface area (Å²) in [7, 11) is 0. The number of benzene rings is 2. The van der Waals surface area contributed by atoms with Crippen molar-refractivity contribution in [1.82, 2.24) is 0 Å². The molecule has 1 aliphatic carbocycles. The Labute approximate surface area is 129 Å². The van der Waals surface area contributed by atoms with E-state index < -0.39 is 0 Å². The molecule has 0 radical (unpaired) electrons. The maximum absolute atomic E-state index is 3.65. The molecule has 0 aromatic heterocycles. The molecule has 1 N–H and O–H groups in total. The van der Waals surface area contributed by atoms with Crippen molar-refractivity contribution in [3.63, 3.8) is 0 Å². The van der Waals surface area contributed by atoms with Gasteiger partial charge in [0.2, 0.25) is 0 Å². The highest BCUT2D eigenvalue weighted by Crippen LogP contribution is 2.39. The van der Waals surface area contributed by atoms with E-state index in [0.29, 0.717) is 6.04 Å². The van der Waals surface area contributed by atoms with Gasteiger partial charge in [-0.2, -0.15) is 0 Å². The molecule has 0 atom stereocenters. The summed E-state index contributed by atoms with van der Waals surface area (Å²) in [4.78, 5) is 0. The average Bonchev–Trinajstić information content (AvgIpc) is 2.33. The van der Waals surface area contributed by atoms with Gasteiger partial charge in [0.05, 0.1) is 0 Å². The summed E-state index contributed by atoms with van der Waals surface area (Å²) in [6.45, 7) is 4.35. The van der Waals surface area contributed by atoms with Gasteiger partial charge in [-0.3, -0.25) is 0 Å². The van der Waals surface area contributed by atoms with Crippen LogP contribution < -0.4 is 5.32 Å². The smallest absolute Gasteiger partial charge is 0.0356 e. The van der Waals surface area contributed by atoms with Crippen molar-refractivity contribution in [3.8, 4) is 0 Å². The van der Waals surface area contributed by atoms with Gasteiger partial charge in [-0.05, 0) is 67.5 Å². The summed E-state index contributed by atoms with van der Waals surface area (Å²) in [6, 6.07) is 15.9. The van der Waals surface area contributed by atoms with E-state index in [4.69, 9.17) is 0 Å². The van der Waals surface area contributed by atoms with E-state index in [1.165, 1.54) is 35.2 Å². The lowest BCUT2D eigenvalue weighted by Gasteiger charge is -2.37. The highest BCUT2D eigenvalue weighted by Gasteiger charge is 2.30. The molecule has 0 unspecified atom stereocenters. The lowest BCUT2D eigenvalue weighted by atomic mass is 9.74. The number of nitrogens with one attached hydrogen (secondary N) is 1. The number of anilines is 1. The minimum atomic E-state index is 0.605. The van der Waals surface area contributed by atoms with E-state index in [-0.39, 0.29) is 0 Å². The van der Waals surface area contributed by atoms with Gasteiger partial charge in [0.15, 0.2) is 0 Å². The largest absolute Gasteiger partial charge is 0.382 e. The summed E-state index contributed by atoms with van der Waals surface area (Å²) in [6.07, 6.45) is 2.47. The van der Waals surface area contributed by atoms with Gasteiger partial charge in [0, 0.05) is 16.2 Å². The molecule has 0 aliphatic heterocycles. The van der Waals surface area contributed by atoms with E-state index in [2.05, 4.69) is 77.6 Å². The third-order valence-electron chi connectivity index (χ3n) is 4.18. The highest BCUT2D eigenvalue weighted by atomic mass is 79.9. The fourth-order valence-electron chi connectivity index (χ4n) is 3.09. The van der Waals surface area contributed by atoms with E-state index >= 15 is 0 Å². The molecule has 0 amide bonds. The zero-order valence-corrected chi connectivity index (χ0v) is 13.6. The van der Waals surface area contributed by atoms with Crippen molar-refractivity contribution in [3.05, 3.63) is 63.6 Å². The molecular weight excluding hydrogens is 310 g/mol. The third-order valence-corrected chi connectivity index (χ3v) is 4.64. The Hall–Kier alpha value is -1.28. The van der Waals surface area contributed by atoms with E-state index in [1.807, 2.05) is 0 Å². The summed E-state index contributed by atoms with van der Waals surface area (Å²) in [5.41, 5.74) is 5.46. The number of rotatable bonds is 3. The van der Waals surface area contributed by atoms with Crippen LogP contribution in [0.1, 0.15) is 35.4 Å². The van der Waals surface area contributed by atoms with Crippen molar-refractivity contribution < 1.29 is 0 Å². The number of hydrogen-bond acceptors (Lipinski definition) is 1. The van der Waals surface area contributed by atoms with Gasteiger partial charge in [0.1, 0.15) is 0 Å². The molecule has 104 valence electrons. The maximum atomic E-state index is 3.65. The van der Waals surface area contributed by atoms with Crippen molar-refractivity contribution in [1.29, 1.82) is 0 Å². The zero-order chi connectivity index (χ0) is 14.1. The van der Waals surface area contributed by atoms with Crippen LogP contribution in [-0.4, -0.2) is 6.04 Å². The summed E-state index contributed by atoms with van der Waals surface area (Å²) in [5.74, 6) is 0.724. The van der Waals surface area contributed by atoms with Crippen molar-refractivity contribution in [2.45, 2.75) is 38.6 Å². The first kappa shape index (κ1) is 13.7. The quantitative estimate of drug-likeness (QED) is 0.792. The molecule has 0 heterocycles. The minimum Gasteiger partial charge on any atom is -0.382 e. The van der Waals surface area contributed by atoms with Gasteiger partial charge >= 0.3 is 0 Å². The van der Waals surface area contributed by atoms with Crippen LogP contribution in [0.5, 0.6) is 0 Å². The van der Waals surface area contributed by atoms with Crippen LogP contribution in [0.2, 0.25) is 0 Å². The number of hydrogen-bond donors (Lipinski definition) is 1. The van der Waals surface area contributed by atoms with E-state index in [1.54, 1.807) is 0 Å². The fourth-order valence-corrected chi connectivity index (χ4v) is 3.70. The van der Waals surface area contributed by atoms with Gasteiger partial charge in [0.25, 0.3) is 0 Å². The standard InChI is InChI=1S/C18H20BrN/c1-12-7-15(19)11-16(8-12)20-17-9-14(10-17)18-6-4-3-5-13(18)2/h3-8,11,14,17,20H,9-10H2,1-2H3. The molecule has 2 aromatic rings.